The number of ketones is 1. The number of hydrogen-bond donors (Lipinski definition) is 5. The molecule has 38 heavy (non-hydrogen) atoms. The third-order valence-corrected chi connectivity index (χ3v) is 6.90. The topological polar surface area (TPSA) is 167 Å². The Morgan fingerprint density at radius 3 is 2.71 bits per heavy atom. The lowest BCUT2D eigenvalue weighted by molar-refractivity contribution is 0.103. The number of aromatic amines is 1. The van der Waals surface area contributed by atoms with Gasteiger partial charge in [0.25, 0.3) is 0 Å². The summed E-state index contributed by atoms with van der Waals surface area (Å²) in [4.78, 5) is 24.5. The largest absolute Gasteiger partial charge is 0.382 e. The zero-order valence-corrected chi connectivity index (χ0v) is 21.2. The molecule has 11 nitrogen and oxygen atoms in total. The molecule has 0 aliphatic carbocycles. The van der Waals surface area contributed by atoms with E-state index in [1.807, 2.05) is 0 Å². The Balaban J connectivity index is 1.76. The van der Waals surface area contributed by atoms with E-state index < -0.39 is 38.7 Å². The number of hydrazone groups is 1. The van der Waals surface area contributed by atoms with Crippen molar-refractivity contribution < 1.29 is 22.0 Å². The molecule has 6 N–H and O–H groups in total. The molecule has 0 fully saturated rings. The molecule has 0 atom stereocenters. The Hall–Kier alpha value is -4.59. The highest BCUT2D eigenvalue weighted by atomic mass is 32.2. The Morgan fingerprint density at radius 1 is 1.18 bits per heavy atom. The predicted molar refractivity (Wildman–Crippen MR) is 141 cm³/mol. The van der Waals surface area contributed by atoms with Crippen molar-refractivity contribution in [3.8, 4) is 0 Å². The highest BCUT2D eigenvalue weighted by molar-refractivity contribution is 7.92. The maximum atomic E-state index is 15.3. The van der Waals surface area contributed by atoms with Gasteiger partial charge in [0.1, 0.15) is 23.6 Å². The van der Waals surface area contributed by atoms with Gasteiger partial charge in [0.2, 0.25) is 15.8 Å². The first-order chi connectivity index (χ1) is 18.1. The second-order valence-electron chi connectivity index (χ2n) is 8.11. The molecule has 2 aromatic carbocycles. The van der Waals surface area contributed by atoms with Gasteiger partial charge in [-0.15, -0.1) is 0 Å². The second-order valence-corrected chi connectivity index (χ2v) is 9.95. The Bertz CT molecular complexity index is 1650. The summed E-state index contributed by atoms with van der Waals surface area (Å²) in [7, 11) is -2.28. The van der Waals surface area contributed by atoms with Crippen LogP contribution in [-0.2, 0) is 10.0 Å². The highest BCUT2D eigenvalue weighted by Gasteiger charge is 2.27. The predicted octanol–water partition coefficient (Wildman–Crippen LogP) is 3.20. The Morgan fingerprint density at radius 2 is 1.97 bits per heavy atom. The molecular weight excluding hydrogens is 518 g/mol. The van der Waals surface area contributed by atoms with E-state index in [-0.39, 0.29) is 40.4 Å². The van der Waals surface area contributed by atoms with E-state index in [1.165, 1.54) is 12.5 Å². The summed E-state index contributed by atoms with van der Waals surface area (Å²) >= 11 is 0. The zero-order valence-electron chi connectivity index (χ0n) is 20.3. The molecule has 2 aromatic heterocycles. The summed E-state index contributed by atoms with van der Waals surface area (Å²) < 4.78 is 56.4. The third-order valence-electron chi connectivity index (χ3n) is 5.42. The minimum atomic E-state index is -3.89. The molecule has 0 radical (unpaired) electrons. The fourth-order valence-electron chi connectivity index (χ4n) is 3.78. The molecule has 0 saturated heterocycles. The van der Waals surface area contributed by atoms with Crippen molar-refractivity contribution >= 4 is 49.9 Å². The van der Waals surface area contributed by atoms with Crippen molar-refractivity contribution in [2.24, 2.45) is 10.8 Å². The van der Waals surface area contributed by atoms with Gasteiger partial charge in [-0.25, -0.2) is 27.2 Å². The fraction of sp³-hybridized carbons (Fsp3) is 0.167. The van der Waals surface area contributed by atoms with Crippen molar-refractivity contribution in [1.29, 1.82) is 0 Å². The summed E-state index contributed by atoms with van der Waals surface area (Å²) in [6.45, 7) is 1.64. The number of rotatable bonds is 10. The van der Waals surface area contributed by atoms with Gasteiger partial charge >= 0.3 is 0 Å². The molecule has 0 spiro atoms. The van der Waals surface area contributed by atoms with Crippen LogP contribution in [0.25, 0.3) is 11.0 Å². The molecule has 0 amide bonds. The van der Waals surface area contributed by atoms with Crippen LogP contribution in [0.3, 0.4) is 0 Å². The molecule has 0 unspecified atom stereocenters. The van der Waals surface area contributed by atoms with E-state index >= 15 is 4.39 Å². The lowest BCUT2D eigenvalue weighted by Crippen LogP contribution is -2.18. The number of carbonyl (C=O) groups excluding carboxylic acids is 1. The zero-order chi connectivity index (χ0) is 27.4. The van der Waals surface area contributed by atoms with E-state index in [9.17, 15) is 17.6 Å². The lowest BCUT2D eigenvalue weighted by Gasteiger charge is -2.12. The van der Waals surface area contributed by atoms with Gasteiger partial charge in [-0.1, -0.05) is 19.1 Å². The average molecular weight is 543 g/mol. The SMILES string of the molecule is CCCS(=O)(=O)Nc1ccc(F)c(C(=O)c2c[nH]c3ncnc(Nc4cccc(C(N)=NNC)c4)c23)c1F. The minimum Gasteiger partial charge on any atom is -0.382 e. The monoisotopic (exact) mass is 542 g/mol. The molecule has 0 aliphatic heterocycles. The molecule has 0 saturated carbocycles. The number of aromatic nitrogens is 3. The Labute approximate surface area is 216 Å². The summed E-state index contributed by atoms with van der Waals surface area (Å²) in [5, 5.41) is 7.18. The number of nitrogens with one attached hydrogen (secondary N) is 4. The van der Waals surface area contributed by atoms with Crippen LogP contribution in [0.5, 0.6) is 0 Å². The smallest absolute Gasteiger partial charge is 0.232 e. The number of nitrogens with zero attached hydrogens (tertiary/aromatic N) is 3. The van der Waals surface area contributed by atoms with Gasteiger partial charge in [0.15, 0.2) is 11.7 Å². The molecule has 14 heteroatoms. The van der Waals surface area contributed by atoms with Gasteiger partial charge in [-0.05, 0) is 30.7 Å². The molecule has 2 heterocycles. The van der Waals surface area contributed by atoms with Gasteiger partial charge in [0.05, 0.1) is 28.0 Å². The average Bonchev–Trinajstić information content (AvgIpc) is 3.31. The summed E-state index contributed by atoms with van der Waals surface area (Å²) in [6, 6.07) is 8.65. The quantitative estimate of drug-likeness (QED) is 0.0881. The van der Waals surface area contributed by atoms with Crippen LogP contribution in [-0.4, -0.2) is 47.8 Å². The van der Waals surface area contributed by atoms with Crippen LogP contribution in [0.4, 0.5) is 26.0 Å². The summed E-state index contributed by atoms with van der Waals surface area (Å²) in [5.41, 5.74) is 8.35. The van der Waals surface area contributed by atoms with Crippen LogP contribution in [0.15, 0.2) is 54.0 Å². The highest BCUT2D eigenvalue weighted by Crippen LogP contribution is 2.31. The van der Waals surface area contributed by atoms with Crippen molar-refractivity contribution in [1.82, 2.24) is 20.4 Å². The first kappa shape index (κ1) is 26.5. The van der Waals surface area contributed by atoms with E-state index in [0.717, 1.165) is 12.1 Å². The summed E-state index contributed by atoms with van der Waals surface area (Å²) in [5.74, 6) is -3.36. The van der Waals surface area contributed by atoms with E-state index in [4.69, 9.17) is 5.73 Å². The van der Waals surface area contributed by atoms with Crippen LogP contribution >= 0.6 is 0 Å². The van der Waals surface area contributed by atoms with E-state index in [2.05, 4.69) is 35.5 Å². The molecule has 198 valence electrons. The van der Waals surface area contributed by atoms with Gasteiger partial charge in [-0.2, -0.15) is 5.10 Å². The number of benzene rings is 2. The minimum absolute atomic E-state index is 0.123. The molecule has 0 bridgehead atoms. The molecular formula is C24H24F2N8O3S. The normalized spacial score (nSPS) is 11.9. The van der Waals surface area contributed by atoms with Gasteiger partial charge < -0.3 is 21.5 Å². The third kappa shape index (κ3) is 5.39. The standard InChI is InChI=1S/C24H24F2N8O3S/c1-3-9-38(36,37)34-17-8-7-16(25)19(20(17)26)21(35)15-11-29-23-18(15)24(31-12-30-23)32-14-6-4-5-13(10-14)22(27)33-28-2/h4-8,10-12,28,34H,3,9H2,1-2H3,(H2,27,33)(H2,29,30,31,32). The van der Waals surface area contributed by atoms with Crippen molar-refractivity contribution in [2.45, 2.75) is 13.3 Å². The number of sulfonamides is 1. The maximum absolute atomic E-state index is 15.3. The lowest BCUT2D eigenvalue weighted by atomic mass is 10.0. The van der Waals surface area contributed by atoms with Gasteiger partial charge in [-0.3, -0.25) is 9.52 Å². The van der Waals surface area contributed by atoms with E-state index in [1.54, 1.807) is 38.2 Å². The molecule has 0 aliphatic rings. The van der Waals surface area contributed by atoms with E-state index in [0.29, 0.717) is 11.3 Å². The van der Waals surface area contributed by atoms with Crippen molar-refractivity contribution in [3.63, 3.8) is 0 Å². The van der Waals surface area contributed by atoms with Gasteiger partial charge in [0, 0.05) is 24.5 Å². The van der Waals surface area contributed by atoms with Crippen LogP contribution in [0, 0.1) is 11.6 Å². The summed E-state index contributed by atoms with van der Waals surface area (Å²) in [6.07, 6.45) is 2.79. The second kappa shape index (κ2) is 10.8. The first-order valence-electron chi connectivity index (χ1n) is 11.4. The fourth-order valence-corrected chi connectivity index (χ4v) is 4.91. The number of hydrogen-bond acceptors (Lipinski definition) is 8. The number of carbonyl (C=O) groups is 1. The number of nitrogens with two attached hydrogens (primary N) is 1. The Kier molecular flexibility index (Phi) is 7.52. The van der Waals surface area contributed by atoms with Crippen molar-refractivity contribution in [2.75, 3.05) is 22.8 Å². The number of fused-ring (bicyclic) bond motifs is 1. The van der Waals surface area contributed by atoms with Crippen molar-refractivity contribution in [3.05, 3.63) is 77.2 Å². The number of anilines is 3. The van der Waals surface area contributed by atoms with Crippen LogP contribution in [0.2, 0.25) is 0 Å². The number of amidine groups is 1. The number of halogens is 2. The first-order valence-corrected chi connectivity index (χ1v) is 13.0. The molecule has 4 rings (SSSR count). The number of H-pyrrole nitrogens is 1. The van der Waals surface area contributed by atoms with Crippen LogP contribution in [0.1, 0.15) is 34.8 Å². The van der Waals surface area contributed by atoms with Crippen LogP contribution < -0.4 is 21.2 Å². The maximum Gasteiger partial charge on any atom is 0.232 e. The molecule has 4 aromatic rings.